The average molecular weight is 354 g/mol. The van der Waals surface area contributed by atoms with Crippen LogP contribution in [0, 0.1) is 5.92 Å². The molecule has 0 spiro atoms. The summed E-state index contributed by atoms with van der Waals surface area (Å²) in [5, 5.41) is 3.44. The van der Waals surface area contributed by atoms with Gasteiger partial charge in [0.05, 0.1) is 12.2 Å². The Morgan fingerprint density at radius 1 is 1.33 bits per heavy atom. The van der Waals surface area contributed by atoms with Gasteiger partial charge in [-0.15, -0.1) is 0 Å². The molecule has 3 heteroatoms. The summed E-state index contributed by atoms with van der Waals surface area (Å²) in [5.74, 6) is 0.853. The largest absolute Gasteiger partial charge is 0.369 e. The minimum Gasteiger partial charge on any atom is -0.369 e. The molecule has 21 heavy (non-hydrogen) atoms. The summed E-state index contributed by atoms with van der Waals surface area (Å²) in [7, 11) is 0. The van der Waals surface area contributed by atoms with Crippen molar-refractivity contribution in [3.8, 4) is 0 Å². The van der Waals surface area contributed by atoms with E-state index in [0.717, 1.165) is 23.5 Å². The second kappa shape index (κ2) is 8.92. The van der Waals surface area contributed by atoms with E-state index in [9.17, 15) is 0 Å². The highest BCUT2D eigenvalue weighted by Gasteiger charge is 2.24. The van der Waals surface area contributed by atoms with E-state index in [2.05, 4.69) is 59.4 Å². The van der Waals surface area contributed by atoms with E-state index in [4.69, 9.17) is 4.74 Å². The van der Waals surface area contributed by atoms with E-state index in [1.807, 2.05) is 0 Å². The maximum absolute atomic E-state index is 6.48. The lowest BCUT2D eigenvalue weighted by molar-refractivity contribution is -0.0413. The van der Waals surface area contributed by atoms with Crippen molar-refractivity contribution in [3.63, 3.8) is 0 Å². The minimum absolute atomic E-state index is 0.156. The summed E-state index contributed by atoms with van der Waals surface area (Å²) >= 11 is 3.57. The van der Waals surface area contributed by atoms with Crippen LogP contribution >= 0.6 is 15.9 Å². The Balaban J connectivity index is 2.02. The molecule has 3 unspecified atom stereocenters. The number of ether oxygens (including phenoxy) is 1. The highest BCUT2D eigenvalue weighted by atomic mass is 79.9. The minimum atomic E-state index is 0.156. The van der Waals surface area contributed by atoms with Gasteiger partial charge < -0.3 is 10.1 Å². The van der Waals surface area contributed by atoms with Crippen LogP contribution in [0.4, 0.5) is 0 Å². The maximum Gasteiger partial charge on any atom is 0.0953 e. The van der Waals surface area contributed by atoms with Gasteiger partial charge in [0.15, 0.2) is 0 Å². The Bertz CT molecular complexity index is 423. The SMILES string of the molecule is CCNCC(OC1CCCC(CC)C1)c1cccc(Br)c1. The van der Waals surface area contributed by atoms with Crippen LogP contribution in [0.15, 0.2) is 28.7 Å². The van der Waals surface area contributed by atoms with Crippen LogP contribution in [0.5, 0.6) is 0 Å². The molecule has 1 aliphatic carbocycles. The van der Waals surface area contributed by atoms with E-state index in [1.165, 1.54) is 37.7 Å². The molecule has 1 aromatic carbocycles. The predicted molar refractivity (Wildman–Crippen MR) is 92.5 cm³/mol. The van der Waals surface area contributed by atoms with Crippen LogP contribution < -0.4 is 5.32 Å². The monoisotopic (exact) mass is 353 g/mol. The second-order valence-corrected chi connectivity index (χ2v) is 6.97. The number of nitrogens with one attached hydrogen (secondary N) is 1. The highest BCUT2D eigenvalue weighted by molar-refractivity contribution is 9.10. The fraction of sp³-hybridized carbons (Fsp3) is 0.667. The van der Waals surface area contributed by atoms with Crippen molar-refractivity contribution in [1.82, 2.24) is 5.32 Å². The molecule has 2 nitrogen and oxygen atoms in total. The lowest BCUT2D eigenvalue weighted by Gasteiger charge is -2.32. The zero-order valence-corrected chi connectivity index (χ0v) is 14.9. The van der Waals surface area contributed by atoms with Gasteiger partial charge in [0, 0.05) is 11.0 Å². The number of halogens is 1. The first-order valence-electron chi connectivity index (χ1n) is 8.34. The van der Waals surface area contributed by atoms with Gasteiger partial charge in [-0.1, -0.05) is 61.2 Å². The van der Waals surface area contributed by atoms with Crippen molar-refractivity contribution in [3.05, 3.63) is 34.3 Å². The fourth-order valence-corrected chi connectivity index (χ4v) is 3.61. The highest BCUT2D eigenvalue weighted by Crippen LogP contribution is 2.32. The van der Waals surface area contributed by atoms with Gasteiger partial charge in [-0.3, -0.25) is 0 Å². The van der Waals surface area contributed by atoms with Crippen molar-refractivity contribution in [2.45, 2.75) is 58.2 Å². The van der Waals surface area contributed by atoms with E-state index >= 15 is 0 Å². The van der Waals surface area contributed by atoms with E-state index < -0.39 is 0 Å². The summed E-state index contributed by atoms with van der Waals surface area (Å²) in [5.41, 5.74) is 1.27. The van der Waals surface area contributed by atoms with Gasteiger partial charge >= 0.3 is 0 Å². The van der Waals surface area contributed by atoms with Crippen LogP contribution in [-0.4, -0.2) is 19.2 Å². The van der Waals surface area contributed by atoms with Gasteiger partial charge in [-0.2, -0.15) is 0 Å². The number of hydrogen-bond acceptors (Lipinski definition) is 2. The zero-order chi connectivity index (χ0) is 15.1. The Kier molecular flexibility index (Phi) is 7.21. The van der Waals surface area contributed by atoms with Crippen molar-refractivity contribution in [2.75, 3.05) is 13.1 Å². The quantitative estimate of drug-likeness (QED) is 0.737. The Morgan fingerprint density at radius 2 is 2.19 bits per heavy atom. The third-order valence-corrected chi connectivity index (χ3v) is 4.96. The number of likely N-dealkylation sites (N-methyl/N-ethyl adjacent to an activating group) is 1. The first-order chi connectivity index (χ1) is 10.2. The molecule has 0 saturated heterocycles. The van der Waals surface area contributed by atoms with Gasteiger partial charge in [-0.25, -0.2) is 0 Å². The summed E-state index contributed by atoms with van der Waals surface area (Å²) in [6.07, 6.45) is 7.00. The van der Waals surface area contributed by atoms with E-state index in [1.54, 1.807) is 0 Å². The summed E-state index contributed by atoms with van der Waals surface area (Å²) in [4.78, 5) is 0. The van der Waals surface area contributed by atoms with Gasteiger partial charge in [0.1, 0.15) is 0 Å². The Morgan fingerprint density at radius 3 is 2.90 bits per heavy atom. The predicted octanol–water partition coefficient (Wildman–Crippen LogP) is 5.09. The molecular formula is C18H28BrNO. The van der Waals surface area contributed by atoms with E-state index in [0.29, 0.717) is 6.10 Å². The molecule has 0 radical (unpaired) electrons. The molecule has 0 aromatic heterocycles. The lowest BCUT2D eigenvalue weighted by Crippen LogP contribution is -2.29. The molecule has 1 N–H and O–H groups in total. The van der Waals surface area contributed by atoms with Gasteiger partial charge in [0.25, 0.3) is 0 Å². The standard InChI is InChI=1S/C18H28BrNO/c1-3-14-7-5-10-17(11-14)21-18(13-20-4-2)15-8-6-9-16(19)12-15/h6,8-9,12,14,17-18,20H,3-5,7,10-11,13H2,1-2H3. The maximum atomic E-state index is 6.48. The van der Waals surface area contributed by atoms with Crippen LogP contribution in [-0.2, 0) is 4.74 Å². The van der Waals surface area contributed by atoms with Crippen molar-refractivity contribution < 1.29 is 4.74 Å². The number of benzene rings is 1. The normalized spacial score (nSPS) is 24.0. The molecule has 1 fully saturated rings. The molecular weight excluding hydrogens is 326 g/mol. The Labute approximate surface area is 137 Å². The second-order valence-electron chi connectivity index (χ2n) is 6.05. The van der Waals surface area contributed by atoms with E-state index in [-0.39, 0.29) is 6.10 Å². The number of hydrogen-bond donors (Lipinski definition) is 1. The molecule has 1 aliphatic rings. The number of rotatable bonds is 7. The third kappa shape index (κ3) is 5.39. The molecule has 0 bridgehead atoms. The van der Waals surface area contributed by atoms with Crippen molar-refractivity contribution >= 4 is 15.9 Å². The molecule has 118 valence electrons. The van der Waals surface area contributed by atoms with Crippen LogP contribution in [0.1, 0.15) is 57.6 Å². The molecule has 0 amide bonds. The first-order valence-corrected chi connectivity index (χ1v) is 9.13. The van der Waals surface area contributed by atoms with Crippen molar-refractivity contribution in [1.29, 1.82) is 0 Å². The molecule has 3 atom stereocenters. The Hall–Kier alpha value is -0.380. The molecule has 1 saturated carbocycles. The zero-order valence-electron chi connectivity index (χ0n) is 13.3. The van der Waals surface area contributed by atoms with Crippen LogP contribution in [0.2, 0.25) is 0 Å². The molecule has 1 aromatic rings. The third-order valence-electron chi connectivity index (χ3n) is 4.47. The molecule has 0 aliphatic heterocycles. The fourth-order valence-electron chi connectivity index (χ4n) is 3.20. The smallest absolute Gasteiger partial charge is 0.0953 e. The topological polar surface area (TPSA) is 21.3 Å². The van der Waals surface area contributed by atoms with Crippen LogP contribution in [0.3, 0.4) is 0 Å². The van der Waals surface area contributed by atoms with Gasteiger partial charge in [-0.05, 0) is 43.0 Å². The summed E-state index contributed by atoms with van der Waals surface area (Å²) in [6.45, 7) is 6.32. The summed E-state index contributed by atoms with van der Waals surface area (Å²) < 4.78 is 7.61. The lowest BCUT2D eigenvalue weighted by atomic mass is 9.85. The molecule has 0 heterocycles. The van der Waals surface area contributed by atoms with Gasteiger partial charge in [0.2, 0.25) is 0 Å². The molecule has 2 rings (SSSR count). The summed E-state index contributed by atoms with van der Waals surface area (Å²) in [6, 6.07) is 8.52. The average Bonchev–Trinajstić information content (AvgIpc) is 2.51. The van der Waals surface area contributed by atoms with Crippen LogP contribution in [0.25, 0.3) is 0 Å². The van der Waals surface area contributed by atoms with Crippen molar-refractivity contribution in [2.24, 2.45) is 5.92 Å². The first kappa shape index (κ1) is 17.0.